The van der Waals surface area contributed by atoms with Gasteiger partial charge in [-0.2, -0.15) is 0 Å². The molecule has 124 valence electrons. The van der Waals surface area contributed by atoms with Crippen LogP contribution in [0.4, 0.5) is 0 Å². The molecule has 6 nitrogen and oxygen atoms in total. The van der Waals surface area contributed by atoms with Crippen LogP contribution in [0.5, 0.6) is 0 Å². The highest BCUT2D eigenvalue weighted by Crippen LogP contribution is 2.04. The zero-order chi connectivity index (χ0) is 17.3. The maximum Gasteiger partial charge on any atom is 0.127 e. The van der Waals surface area contributed by atoms with Gasteiger partial charge in [0.15, 0.2) is 0 Å². The predicted octanol–water partition coefficient (Wildman–Crippen LogP) is 0.119. The minimum absolute atomic E-state index is 0.0278. The van der Waals surface area contributed by atoms with E-state index in [2.05, 4.69) is 0 Å². The highest BCUT2D eigenvalue weighted by Gasteiger charge is 2.01. The summed E-state index contributed by atoms with van der Waals surface area (Å²) in [7, 11) is 0. The van der Waals surface area contributed by atoms with Crippen LogP contribution in [-0.2, 0) is 19.2 Å². The van der Waals surface area contributed by atoms with Crippen molar-refractivity contribution in [2.24, 2.45) is 11.8 Å². The van der Waals surface area contributed by atoms with Crippen LogP contribution in [-0.4, -0.2) is 24.5 Å². The molecule has 0 fully saturated rings. The molecule has 0 aromatic carbocycles. The van der Waals surface area contributed by atoms with E-state index in [-0.39, 0.29) is 18.3 Å². The second kappa shape index (κ2) is 18.3. The monoisotopic (exact) mass is 302 g/mol. The van der Waals surface area contributed by atoms with Crippen molar-refractivity contribution in [2.75, 3.05) is 0 Å². The number of hydrogen-bond acceptors (Lipinski definition) is 6. The number of aliphatic carboxylic acids is 2. The molecule has 0 amide bonds. The minimum Gasteiger partial charge on any atom is -0.550 e. The topological polar surface area (TPSA) is 114 Å². The van der Waals surface area contributed by atoms with Gasteiger partial charge in [-0.05, 0) is 37.5 Å². The quantitative estimate of drug-likeness (QED) is 0.464. The van der Waals surface area contributed by atoms with E-state index in [1.165, 1.54) is 0 Å². The Morgan fingerprint density at radius 2 is 1.00 bits per heavy atom. The zero-order valence-electron chi connectivity index (χ0n) is 13.3. The average Bonchev–Trinajstić information content (AvgIpc) is 2.43. The van der Waals surface area contributed by atoms with Crippen molar-refractivity contribution in [3.8, 4) is 0 Å². The van der Waals surface area contributed by atoms with E-state index in [1.54, 1.807) is 0 Å². The first-order valence-electron chi connectivity index (χ1n) is 7.14. The molecule has 0 aromatic rings. The van der Waals surface area contributed by atoms with Gasteiger partial charge < -0.3 is 29.4 Å². The van der Waals surface area contributed by atoms with Gasteiger partial charge in [0.1, 0.15) is 12.6 Å². The molecule has 0 atom stereocenters. The Bertz CT molecular complexity index is 252. The van der Waals surface area contributed by atoms with Crippen LogP contribution in [0, 0.1) is 11.8 Å². The lowest BCUT2D eigenvalue weighted by Gasteiger charge is -2.11. The molecular weight excluding hydrogens is 276 g/mol. The summed E-state index contributed by atoms with van der Waals surface area (Å²) in [5.41, 5.74) is 0. The molecule has 0 aromatic heterocycles. The molecule has 0 heterocycles. The molecule has 0 saturated heterocycles. The van der Waals surface area contributed by atoms with Crippen molar-refractivity contribution in [3.63, 3.8) is 0 Å². The third kappa shape index (κ3) is 18.3. The molecule has 0 radical (unpaired) electrons. The molecule has 0 unspecified atom stereocenters. The van der Waals surface area contributed by atoms with Crippen LogP contribution in [0.1, 0.15) is 59.8 Å². The SMILES string of the molecule is CCC(CC)C(=O)[O-].CCC(CC)C(=O)[O-].O=CCC=O. The largest absolute Gasteiger partial charge is 0.550 e. The van der Waals surface area contributed by atoms with Crippen LogP contribution >= 0.6 is 0 Å². The summed E-state index contributed by atoms with van der Waals surface area (Å²) in [5.74, 6) is -2.32. The van der Waals surface area contributed by atoms with Crippen LogP contribution in [0.2, 0.25) is 0 Å². The predicted molar refractivity (Wildman–Crippen MR) is 74.9 cm³/mol. The van der Waals surface area contributed by atoms with Gasteiger partial charge in [-0.25, -0.2) is 0 Å². The van der Waals surface area contributed by atoms with Gasteiger partial charge in [0, 0.05) is 11.9 Å². The van der Waals surface area contributed by atoms with E-state index in [0.29, 0.717) is 38.3 Å². The third-order valence-electron chi connectivity index (χ3n) is 2.83. The van der Waals surface area contributed by atoms with E-state index >= 15 is 0 Å². The lowest BCUT2D eigenvalue weighted by Crippen LogP contribution is -2.30. The molecule has 0 saturated carbocycles. The van der Waals surface area contributed by atoms with E-state index in [9.17, 15) is 29.4 Å². The van der Waals surface area contributed by atoms with Crippen molar-refractivity contribution >= 4 is 24.5 Å². The Kier molecular flexibility index (Phi) is 21.2. The summed E-state index contributed by atoms with van der Waals surface area (Å²) >= 11 is 0. The molecule has 0 spiro atoms. The third-order valence-corrected chi connectivity index (χ3v) is 2.83. The summed E-state index contributed by atoms with van der Waals surface area (Å²) in [4.78, 5) is 38.4. The molecule has 0 aliphatic heterocycles. The van der Waals surface area contributed by atoms with E-state index in [4.69, 9.17) is 0 Å². The maximum atomic E-state index is 10.1. The van der Waals surface area contributed by atoms with Gasteiger partial charge in [0.2, 0.25) is 0 Å². The van der Waals surface area contributed by atoms with E-state index < -0.39 is 11.9 Å². The Labute approximate surface area is 126 Å². The summed E-state index contributed by atoms with van der Waals surface area (Å²) < 4.78 is 0. The second-order valence-corrected chi connectivity index (χ2v) is 4.23. The van der Waals surface area contributed by atoms with E-state index in [0.717, 1.165) is 0 Å². The fourth-order valence-corrected chi connectivity index (χ4v) is 1.28. The van der Waals surface area contributed by atoms with Gasteiger partial charge in [-0.15, -0.1) is 0 Å². The summed E-state index contributed by atoms with van der Waals surface area (Å²) in [6.07, 6.45) is 3.87. The van der Waals surface area contributed by atoms with Gasteiger partial charge >= 0.3 is 0 Å². The van der Waals surface area contributed by atoms with Gasteiger partial charge in [-0.3, -0.25) is 0 Å². The lowest BCUT2D eigenvalue weighted by atomic mass is 10.1. The van der Waals surface area contributed by atoms with Crippen molar-refractivity contribution in [1.29, 1.82) is 0 Å². The number of carboxylic acid groups (broad SMARTS) is 2. The van der Waals surface area contributed by atoms with Crippen molar-refractivity contribution in [1.82, 2.24) is 0 Å². The number of aldehydes is 2. The fraction of sp³-hybridized carbons (Fsp3) is 0.733. The van der Waals surface area contributed by atoms with Gasteiger partial charge in [0.25, 0.3) is 0 Å². The molecule has 21 heavy (non-hydrogen) atoms. The number of carbonyl (C=O) groups excluding carboxylic acids is 4. The van der Waals surface area contributed by atoms with Crippen molar-refractivity contribution in [3.05, 3.63) is 0 Å². The normalized spacial score (nSPS) is 9.05. The zero-order valence-corrected chi connectivity index (χ0v) is 13.3. The van der Waals surface area contributed by atoms with E-state index in [1.807, 2.05) is 27.7 Å². The molecule has 0 bridgehead atoms. The lowest BCUT2D eigenvalue weighted by molar-refractivity contribution is -0.313. The first kappa shape index (κ1) is 24.3. The summed E-state index contributed by atoms with van der Waals surface area (Å²) in [6, 6.07) is 0. The second-order valence-electron chi connectivity index (χ2n) is 4.23. The van der Waals surface area contributed by atoms with Gasteiger partial charge in [0.05, 0.1) is 6.42 Å². The highest BCUT2D eigenvalue weighted by molar-refractivity contribution is 5.72. The van der Waals surface area contributed by atoms with Crippen molar-refractivity contribution in [2.45, 2.75) is 59.8 Å². The highest BCUT2D eigenvalue weighted by atomic mass is 16.4. The molecule has 6 heteroatoms. The smallest absolute Gasteiger partial charge is 0.127 e. The number of carboxylic acids is 2. The van der Waals surface area contributed by atoms with Crippen LogP contribution < -0.4 is 10.2 Å². The maximum absolute atomic E-state index is 10.1. The number of carbonyl (C=O) groups is 4. The Morgan fingerprint density at radius 3 is 1.00 bits per heavy atom. The first-order valence-corrected chi connectivity index (χ1v) is 7.14. The number of hydrogen-bond donors (Lipinski definition) is 0. The molecule has 0 aliphatic carbocycles. The van der Waals surface area contributed by atoms with Crippen LogP contribution in [0.15, 0.2) is 0 Å². The van der Waals surface area contributed by atoms with Gasteiger partial charge in [-0.1, -0.05) is 27.7 Å². The molecule has 0 N–H and O–H groups in total. The Balaban J connectivity index is -0.000000239. The minimum atomic E-state index is -0.921. The summed E-state index contributed by atoms with van der Waals surface area (Å²) in [6.45, 7) is 7.40. The van der Waals surface area contributed by atoms with Crippen LogP contribution in [0.3, 0.4) is 0 Å². The standard InChI is InChI=1S/2C6H12O2.C3H4O2/c2*1-3-5(4-2)6(7)8;4-2-1-3-5/h2*5H,3-4H2,1-2H3,(H,7,8);2-3H,1H2/p-2. The fourth-order valence-electron chi connectivity index (χ4n) is 1.28. The molecule has 0 aliphatic rings. The molecular formula is C15H26O6-2. The average molecular weight is 302 g/mol. The van der Waals surface area contributed by atoms with Crippen LogP contribution in [0.25, 0.3) is 0 Å². The first-order chi connectivity index (χ1) is 9.85. The number of rotatable bonds is 8. The summed E-state index contributed by atoms with van der Waals surface area (Å²) in [5, 5.41) is 20.1. The molecule has 0 rings (SSSR count). The Morgan fingerprint density at radius 1 is 0.762 bits per heavy atom. The van der Waals surface area contributed by atoms with Crippen molar-refractivity contribution < 1.29 is 29.4 Å². The Hall–Kier alpha value is -1.72.